The fraction of sp³-hybridized carbons (Fsp3) is 0.562. The summed E-state index contributed by atoms with van der Waals surface area (Å²) in [7, 11) is 1.93. The number of anilines is 1. The predicted molar refractivity (Wildman–Crippen MR) is 87.9 cm³/mol. The highest BCUT2D eigenvalue weighted by molar-refractivity contribution is 6.30. The molecule has 0 unspecified atom stereocenters. The summed E-state index contributed by atoms with van der Waals surface area (Å²) in [5, 5.41) is 7.10. The third-order valence-corrected chi connectivity index (χ3v) is 3.72. The molecule has 0 aliphatic heterocycles. The number of hydrogen-bond acceptors (Lipinski definition) is 3. The summed E-state index contributed by atoms with van der Waals surface area (Å²) in [6.07, 6.45) is 2.21. The molecule has 0 heterocycles. The molecule has 1 aliphatic rings. The Morgan fingerprint density at radius 2 is 2.14 bits per heavy atom. The summed E-state index contributed by atoms with van der Waals surface area (Å²) in [6, 6.07) is 6.64. The summed E-state index contributed by atoms with van der Waals surface area (Å²) in [6.45, 7) is 5.34. The van der Waals surface area contributed by atoms with E-state index in [0.29, 0.717) is 23.7 Å². The zero-order valence-corrected chi connectivity index (χ0v) is 13.7. The molecule has 1 fully saturated rings. The second kappa shape index (κ2) is 7.14. The highest BCUT2D eigenvalue weighted by Gasteiger charge is 2.23. The summed E-state index contributed by atoms with van der Waals surface area (Å²) in [4.78, 5) is 13.9. The lowest BCUT2D eigenvalue weighted by Crippen LogP contribution is -2.36. The molecule has 0 radical (unpaired) electrons. The topological polar surface area (TPSA) is 44.4 Å². The maximum atomic E-state index is 11.9. The van der Waals surface area contributed by atoms with Gasteiger partial charge in [-0.05, 0) is 30.5 Å². The zero-order valence-electron chi connectivity index (χ0n) is 12.9. The SMILES string of the molecule is CC(C)NCc1ccc(Cl)cc1N(C)CC(=O)NC1CC1. The van der Waals surface area contributed by atoms with Gasteiger partial charge >= 0.3 is 0 Å². The van der Waals surface area contributed by atoms with Crippen LogP contribution in [0.2, 0.25) is 5.02 Å². The molecule has 1 saturated carbocycles. The zero-order chi connectivity index (χ0) is 15.4. The van der Waals surface area contributed by atoms with E-state index in [0.717, 1.165) is 30.6 Å². The number of carbonyl (C=O) groups excluding carboxylic acids is 1. The van der Waals surface area contributed by atoms with Crippen LogP contribution in [0.1, 0.15) is 32.3 Å². The monoisotopic (exact) mass is 309 g/mol. The summed E-state index contributed by atoms with van der Waals surface area (Å²) in [5.74, 6) is 0.0720. The van der Waals surface area contributed by atoms with Crippen molar-refractivity contribution in [2.75, 3.05) is 18.5 Å². The first-order chi connectivity index (χ1) is 9.95. The van der Waals surface area contributed by atoms with Crippen LogP contribution in [-0.2, 0) is 11.3 Å². The van der Waals surface area contributed by atoms with Crippen molar-refractivity contribution in [2.45, 2.75) is 45.3 Å². The summed E-state index contributed by atoms with van der Waals surface area (Å²) < 4.78 is 0. The van der Waals surface area contributed by atoms with E-state index in [1.807, 2.05) is 30.1 Å². The molecule has 0 bridgehead atoms. The van der Waals surface area contributed by atoms with Crippen LogP contribution in [-0.4, -0.2) is 31.6 Å². The largest absolute Gasteiger partial charge is 0.365 e. The maximum absolute atomic E-state index is 11.9. The van der Waals surface area contributed by atoms with Gasteiger partial charge in [0, 0.05) is 36.4 Å². The Kier molecular flexibility index (Phi) is 5.48. The van der Waals surface area contributed by atoms with Gasteiger partial charge < -0.3 is 15.5 Å². The first-order valence-corrected chi connectivity index (χ1v) is 7.86. The normalized spacial score (nSPS) is 14.3. The molecule has 5 heteroatoms. The lowest BCUT2D eigenvalue weighted by Gasteiger charge is -2.23. The van der Waals surface area contributed by atoms with Crippen LogP contribution >= 0.6 is 11.6 Å². The molecule has 2 rings (SSSR count). The maximum Gasteiger partial charge on any atom is 0.239 e. The molecule has 0 aromatic heterocycles. The van der Waals surface area contributed by atoms with Gasteiger partial charge in [-0.2, -0.15) is 0 Å². The smallest absolute Gasteiger partial charge is 0.239 e. The van der Waals surface area contributed by atoms with E-state index in [2.05, 4.69) is 24.5 Å². The Hall–Kier alpha value is -1.26. The van der Waals surface area contributed by atoms with Crippen molar-refractivity contribution in [2.24, 2.45) is 0 Å². The number of amides is 1. The Labute approximate surface area is 131 Å². The summed E-state index contributed by atoms with van der Waals surface area (Å²) >= 11 is 6.11. The minimum Gasteiger partial charge on any atom is -0.365 e. The van der Waals surface area contributed by atoms with Crippen LogP contribution in [0.15, 0.2) is 18.2 Å². The molecule has 4 nitrogen and oxygen atoms in total. The molecule has 21 heavy (non-hydrogen) atoms. The highest BCUT2D eigenvalue weighted by Crippen LogP contribution is 2.24. The van der Waals surface area contributed by atoms with Crippen LogP contribution in [0.4, 0.5) is 5.69 Å². The lowest BCUT2D eigenvalue weighted by atomic mass is 10.1. The summed E-state index contributed by atoms with van der Waals surface area (Å²) in [5.41, 5.74) is 2.15. The van der Waals surface area contributed by atoms with Crippen molar-refractivity contribution < 1.29 is 4.79 Å². The predicted octanol–water partition coefficient (Wildman–Crippen LogP) is 2.55. The quantitative estimate of drug-likeness (QED) is 0.813. The molecule has 0 saturated heterocycles. The van der Waals surface area contributed by atoms with Gasteiger partial charge in [0.2, 0.25) is 5.91 Å². The van der Waals surface area contributed by atoms with Crippen molar-refractivity contribution in [3.63, 3.8) is 0 Å². The molecular formula is C16H24ClN3O. The first kappa shape index (κ1) is 16.1. The third kappa shape index (κ3) is 5.21. The molecule has 1 aliphatic carbocycles. The van der Waals surface area contributed by atoms with Gasteiger partial charge in [0.25, 0.3) is 0 Å². The number of benzene rings is 1. The van der Waals surface area contributed by atoms with E-state index < -0.39 is 0 Å². The number of halogens is 1. The van der Waals surface area contributed by atoms with Crippen LogP contribution in [0.3, 0.4) is 0 Å². The van der Waals surface area contributed by atoms with Gasteiger partial charge in [0.05, 0.1) is 6.54 Å². The van der Waals surface area contributed by atoms with Gasteiger partial charge in [-0.15, -0.1) is 0 Å². The van der Waals surface area contributed by atoms with E-state index in [-0.39, 0.29) is 5.91 Å². The number of carbonyl (C=O) groups is 1. The molecule has 2 N–H and O–H groups in total. The van der Waals surface area contributed by atoms with E-state index >= 15 is 0 Å². The van der Waals surface area contributed by atoms with Crippen LogP contribution in [0.5, 0.6) is 0 Å². The Morgan fingerprint density at radius 3 is 2.76 bits per heavy atom. The number of rotatable bonds is 7. The number of nitrogens with zero attached hydrogens (tertiary/aromatic N) is 1. The Bertz CT molecular complexity index is 500. The van der Waals surface area contributed by atoms with Gasteiger partial charge in [-0.25, -0.2) is 0 Å². The standard InChI is InChI=1S/C16H24ClN3O/c1-11(2)18-9-12-4-5-13(17)8-15(12)20(3)10-16(21)19-14-6-7-14/h4-5,8,11,14,18H,6-7,9-10H2,1-3H3,(H,19,21). The van der Waals surface area contributed by atoms with E-state index in [1.165, 1.54) is 0 Å². The van der Waals surface area contributed by atoms with Crippen LogP contribution in [0, 0.1) is 0 Å². The number of nitrogens with one attached hydrogen (secondary N) is 2. The molecule has 0 spiro atoms. The van der Waals surface area contributed by atoms with Crippen molar-refractivity contribution in [3.8, 4) is 0 Å². The Balaban J connectivity index is 2.04. The van der Waals surface area contributed by atoms with Gasteiger partial charge in [-0.3, -0.25) is 4.79 Å². The molecule has 1 aromatic carbocycles. The number of likely N-dealkylation sites (N-methyl/N-ethyl adjacent to an activating group) is 1. The average molecular weight is 310 g/mol. The fourth-order valence-corrected chi connectivity index (χ4v) is 2.32. The first-order valence-electron chi connectivity index (χ1n) is 7.48. The average Bonchev–Trinajstić information content (AvgIpc) is 3.20. The van der Waals surface area contributed by atoms with Crippen molar-refractivity contribution in [3.05, 3.63) is 28.8 Å². The van der Waals surface area contributed by atoms with E-state index in [1.54, 1.807) is 0 Å². The second-order valence-corrected chi connectivity index (χ2v) is 6.44. The second-order valence-electron chi connectivity index (χ2n) is 6.01. The minimum absolute atomic E-state index is 0.0720. The minimum atomic E-state index is 0.0720. The van der Waals surface area contributed by atoms with Crippen molar-refractivity contribution >= 4 is 23.2 Å². The van der Waals surface area contributed by atoms with Gasteiger partial charge in [-0.1, -0.05) is 31.5 Å². The molecule has 116 valence electrons. The van der Waals surface area contributed by atoms with E-state index in [9.17, 15) is 4.79 Å². The van der Waals surface area contributed by atoms with Crippen LogP contribution in [0.25, 0.3) is 0 Å². The van der Waals surface area contributed by atoms with E-state index in [4.69, 9.17) is 11.6 Å². The van der Waals surface area contributed by atoms with Gasteiger partial charge in [0.1, 0.15) is 0 Å². The molecule has 1 amide bonds. The Morgan fingerprint density at radius 1 is 1.43 bits per heavy atom. The fourth-order valence-electron chi connectivity index (χ4n) is 2.16. The van der Waals surface area contributed by atoms with Crippen LogP contribution < -0.4 is 15.5 Å². The number of hydrogen-bond donors (Lipinski definition) is 2. The van der Waals surface area contributed by atoms with Crippen molar-refractivity contribution in [1.82, 2.24) is 10.6 Å². The highest BCUT2D eigenvalue weighted by atomic mass is 35.5. The molecule has 0 atom stereocenters. The molecule has 1 aromatic rings. The molecular weight excluding hydrogens is 286 g/mol. The van der Waals surface area contributed by atoms with Crippen molar-refractivity contribution in [1.29, 1.82) is 0 Å². The van der Waals surface area contributed by atoms with Gasteiger partial charge in [0.15, 0.2) is 0 Å². The lowest BCUT2D eigenvalue weighted by molar-refractivity contribution is -0.119. The third-order valence-electron chi connectivity index (χ3n) is 3.48.